The number of benzene rings is 4. The van der Waals surface area contributed by atoms with Gasteiger partial charge in [0.05, 0.1) is 12.2 Å². The smallest absolute Gasteiger partial charge is 0.266 e. The number of carbonyl (C=O) groups excluding carboxylic acids is 3. The van der Waals surface area contributed by atoms with Gasteiger partial charge in [0.2, 0.25) is 11.8 Å². The maximum absolute atomic E-state index is 12.6. The number of nitrogens with zero attached hydrogens (tertiary/aromatic N) is 1. The van der Waals surface area contributed by atoms with Crippen molar-refractivity contribution in [2.24, 2.45) is 5.41 Å². The third-order valence-corrected chi connectivity index (χ3v) is 9.37. The summed E-state index contributed by atoms with van der Waals surface area (Å²) >= 11 is 0. The molecule has 4 aromatic rings. The number of carbonyl (C=O) groups is 3. The van der Waals surface area contributed by atoms with Crippen molar-refractivity contribution in [2.45, 2.75) is 54.4 Å². The molecular formula is C42H49N3O6S. The zero-order valence-corrected chi connectivity index (χ0v) is 31.6. The van der Waals surface area contributed by atoms with E-state index in [-0.39, 0.29) is 29.7 Å². The van der Waals surface area contributed by atoms with Crippen LogP contribution in [-0.4, -0.2) is 61.0 Å². The van der Waals surface area contributed by atoms with Crippen LogP contribution >= 0.6 is 0 Å². The van der Waals surface area contributed by atoms with Gasteiger partial charge in [-0.1, -0.05) is 105 Å². The van der Waals surface area contributed by atoms with Crippen molar-refractivity contribution in [3.63, 3.8) is 0 Å². The number of anilines is 1. The minimum absolute atomic E-state index is 0.0322. The van der Waals surface area contributed by atoms with Gasteiger partial charge in [-0.3, -0.25) is 18.9 Å². The molecule has 3 N–H and O–H groups in total. The molecule has 274 valence electrons. The molecule has 0 saturated heterocycles. The minimum atomic E-state index is -4.02. The first-order valence-corrected chi connectivity index (χ1v) is 18.9. The molecule has 3 amide bonds. The average molecular weight is 724 g/mol. The van der Waals surface area contributed by atoms with E-state index in [1.165, 1.54) is 22.3 Å². The zero-order valence-electron chi connectivity index (χ0n) is 30.8. The van der Waals surface area contributed by atoms with Crippen molar-refractivity contribution in [3.05, 3.63) is 130 Å². The molecule has 1 aliphatic heterocycles. The van der Waals surface area contributed by atoms with Crippen molar-refractivity contribution in [3.8, 4) is 11.1 Å². The Kier molecular flexibility index (Phi) is 13.3. The summed E-state index contributed by atoms with van der Waals surface area (Å²) in [6.45, 7) is 13.3. The summed E-state index contributed by atoms with van der Waals surface area (Å²) in [6.07, 6.45) is 3.32. The van der Waals surface area contributed by atoms with Gasteiger partial charge in [-0.25, -0.2) is 0 Å². The average Bonchev–Trinajstić information content (AvgIpc) is 3.08. The molecule has 0 aliphatic carbocycles. The van der Waals surface area contributed by atoms with Gasteiger partial charge in [-0.05, 0) is 84.8 Å². The van der Waals surface area contributed by atoms with Crippen molar-refractivity contribution < 1.29 is 27.4 Å². The van der Waals surface area contributed by atoms with Crippen LogP contribution in [-0.2, 0) is 26.1 Å². The molecule has 52 heavy (non-hydrogen) atoms. The molecule has 1 heterocycles. The lowest BCUT2D eigenvalue weighted by Gasteiger charge is -2.32. The van der Waals surface area contributed by atoms with Gasteiger partial charge in [0.25, 0.3) is 16.0 Å². The lowest BCUT2D eigenvalue weighted by atomic mass is 9.92. The lowest BCUT2D eigenvalue weighted by molar-refractivity contribution is -0.139. The Morgan fingerprint density at radius 2 is 1.42 bits per heavy atom. The largest absolute Gasteiger partial charge is 0.351 e. The van der Waals surface area contributed by atoms with E-state index in [0.29, 0.717) is 18.5 Å². The van der Waals surface area contributed by atoms with Crippen LogP contribution in [0.25, 0.3) is 16.7 Å². The fourth-order valence-electron chi connectivity index (χ4n) is 5.79. The van der Waals surface area contributed by atoms with Crippen molar-refractivity contribution in [1.82, 2.24) is 10.2 Å². The predicted molar refractivity (Wildman–Crippen MR) is 209 cm³/mol. The number of hydrogen-bond donors (Lipinski definition) is 3. The number of hydrogen-bond acceptors (Lipinski definition) is 5. The van der Waals surface area contributed by atoms with Gasteiger partial charge in [0.1, 0.15) is 0 Å². The van der Waals surface area contributed by atoms with E-state index in [2.05, 4.69) is 73.0 Å². The van der Waals surface area contributed by atoms with E-state index in [9.17, 15) is 22.8 Å². The third kappa shape index (κ3) is 12.0. The van der Waals surface area contributed by atoms with Gasteiger partial charge in [-0.15, -0.1) is 0 Å². The summed E-state index contributed by atoms with van der Waals surface area (Å²) in [7, 11) is -4.02. The van der Waals surface area contributed by atoms with Crippen LogP contribution in [0.4, 0.5) is 5.69 Å². The monoisotopic (exact) mass is 723 g/mol. The Balaban J connectivity index is 0.000000317. The van der Waals surface area contributed by atoms with E-state index >= 15 is 0 Å². The molecule has 0 unspecified atom stereocenters. The molecular weight excluding hydrogens is 675 g/mol. The van der Waals surface area contributed by atoms with Crippen LogP contribution in [0.5, 0.6) is 0 Å². The van der Waals surface area contributed by atoms with Crippen molar-refractivity contribution in [1.29, 1.82) is 0 Å². The molecule has 0 aromatic heterocycles. The van der Waals surface area contributed by atoms with Crippen molar-refractivity contribution in [2.75, 3.05) is 30.7 Å². The van der Waals surface area contributed by atoms with Crippen LogP contribution in [0.2, 0.25) is 0 Å². The maximum atomic E-state index is 12.6. The Morgan fingerprint density at radius 3 is 1.98 bits per heavy atom. The SMILES string of the molecule is Cc1ccc(-c2ccc(NC(=O)Cc3ccc(C4=CCN(C(=O)C(C)(C)C)CC4)cc3)cc2)c(C)c1.Cc1ccc(C(=O)NCCS(=O)(=O)O)cc1. The molecule has 0 radical (unpaired) electrons. The molecule has 5 rings (SSSR count). The first kappa shape index (κ1) is 39.7. The highest BCUT2D eigenvalue weighted by Gasteiger charge is 2.28. The van der Waals surface area contributed by atoms with Gasteiger partial charge >= 0.3 is 0 Å². The summed E-state index contributed by atoms with van der Waals surface area (Å²) in [5, 5.41) is 5.41. The normalized spacial score (nSPS) is 13.0. The molecule has 0 atom stereocenters. The molecule has 0 fully saturated rings. The maximum Gasteiger partial charge on any atom is 0.266 e. The summed E-state index contributed by atoms with van der Waals surface area (Å²) < 4.78 is 29.3. The Labute approximate surface area is 307 Å². The van der Waals surface area contributed by atoms with Crippen LogP contribution in [0.1, 0.15) is 65.4 Å². The van der Waals surface area contributed by atoms with E-state index in [1.807, 2.05) is 56.9 Å². The van der Waals surface area contributed by atoms with E-state index < -0.39 is 15.9 Å². The fraction of sp³-hybridized carbons (Fsp3) is 0.310. The highest BCUT2D eigenvalue weighted by atomic mass is 32.2. The van der Waals surface area contributed by atoms with Gasteiger partial charge < -0.3 is 15.5 Å². The minimum Gasteiger partial charge on any atom is -0.351 e. The second-order valence-electron chi connectivity index (χ2n) is 14.2. The molecule has 10 heteroatoms. The Bertz CT molecular complexity index is 2010. The van der Waals surface area contributed by atoms with E-state index in [1.54, 1.807) is 24.3 Å². The van der Waals surface area contributed by atoms with Crippen LogP contribution in [0.15, 0.2) is 97.1 Å². The van der Waals surface area contributed by atoms with Crippen molar-refractivity contribution >= 4 is 39.1 Å². The molecule has 1 aliphatic rings. The summed E-state index contributed by atoms with van der Waals surface area (Å²) in [5.41, 5.74) is 10.2. The summed E-state index contributed by atoms with van der Waals surface area (Å²) in [6, 6.07) is 29.5. The van der Waals surface area contributed by atoms with Gasteiger partial charge in [0, 0.05) is 36.3 Å². The van der Waals surface area contributed by atoms with Crippen LogP contribution < -0.4 is 10.6 Å². The highest BCUT2D eigenvalue weighted by Crippen LogP contribution is 2.27. The van der Waals surface area contributed by atoms with Crippen LogP contribution in [0.3, 0.4) is 0 Å². The number of rotatable bonds is 9. The standard InChI is InChI=1S/C32H36N2O2.C10H13NO4S/c1-22-6-15-29(23(2)20-22)27-11-13-28(14-12-27)33-30(35)21-24-7-9-25(10-8-24)26-16-18-34(19-17-26)31(36)32(3,4)5;1-8-2-4-9(5-3-8)10(12)11-6-7-16(13,14)15/h6-16,20H,17-19,21H2,1-5H3,(H,33,35);2-5H,6-7H2,1H3,(H,11,12)(H,13,14,15). The number of amides is 3. The molecule has 0 spiro atoms. The summed E-state index contributed by atoms with van der Waals surface area (Å²) in [5.74, 6) is -0.678. The van der Waals surface area contributed by atoms with E-state index in [4.69, 9.17) is 4.55 Å². The third-order valence-electron chi connectivity index (χ3n) is 8.65. The fourth-order valence-corrected chi connectivity index (χ4v) is 6.15. The quantitative estimate of drug-likeness (QED) is 0.154. The van der Waals surface area contributed by atoms with Gasteiger partial charge in [-0.2, -0.15) is 8.42 Å². The molecule has 4 aromatic carbocycles. The lowest BCUT2D eigenvalue weighted by Crippen LogP contribution is -2.41. The Hall–Kier alpha value is -5.06. The summed E-state index contributed by atoms with van der Waals surface area (Å²) in [4.78, 5) is 38.5. The Morgan fingerprint density at radius 1 is 0.808 bits per heavy atom. The first-order chi connectivity index (χ1) is 24.5. The first-order valence-electron chi connectivity index (χ1n) is 17.3. The molecule has 9 nitrogen and oxygen atoms in total. The highest BCUT2D eigenvalue weighted by molar-refractivity contribution is 7.85. The van der Waals surface area contributed by atoms with Crippen LogP contribution in [0, 0.1) is 26.2 Å². The number of aryl methyl sites for hydroxylation is 3. The predicted octanol–water partition coefficient (Wildman–Crippen LogP) is 7.43. The van der Waals surface area contributed by atoms with Gasteiger partial charge in [0.15, 0.2) is 0 Å². The second-order valence-corrected chi connectivity index (χ2v) is 15.8. The number of nitrogens with one attached hydrogen (secondary N) is 2. The second kappa shape index (κ2) is 17.4. The molecule has 0 saturated carbocycles. The topological polar surface area (TPSA) is 133 Å². The zero-order chi connectivity index (χ0) is 38.1. The molecule has 0 bridgehead atoms. The van der Waals surface area contributed by atoms with E-state index in [0.717, 1.165) is 40.9 Å².